The number of aliphatic hydroxyl groups excluding tert-OH is 1. The van der Waals surface area contributed by atoms with Crippen molar-refractivity contribution in [3.05, 3.63) is 11.1 Å². The first kappa shape index (κ1) is 9.93. The average molecular weight is 212 g/mol. The third-order valence-corrected chi connectivity index (χ3v) is 3.52. The Kier molecular flexibility index (Phi) is 3.03. The number of nitrogens with zero attached hydrogens (tertiary/aromatic N) is 1. The lowest BCUT2D eigenvalue weighted by Gasteiger charge is -2.31. The number of thiazole rings is 1. The first-order chi connectivity index (χ1) is 6.78. The van der Waals surface area contributed by atoms with E-state index in [-0.39, 0.29) is 6.10 Å². The van der Waals surface area contributed by atoms with Crippen LogP contribution in [0.25, 0.3) is 0 Å². The number of rotatable bonds is 4. The van der Waals surface area contributed by atoms with E-state index in [9.17, 15) is 0 Å². The van der Waals surface area contributed by atoms with Crippen molar-refractivity contribution in [2.45, 2.75) is 32.3 Å². The summed E-state index contributed by atoms with van der Waals surface area (Å²) in [5.74, 6) is 0.638. The van der Waals surface area contributed by atoms with Gasteiger partial charge in [0.1, 0.15) is 0 Å². The van der Waals surface area contributed by atoms with Crippen LogP contribution < -0.4 is 5.32 Å². The van der Waals surface area contributed by atoms with Crippen molar-refractivity contribution >= 4 is 16.5 Å². The molecule has 14 heavy (non-hydrogen) atoms. The van der Waals surface area contributed by atoms with Crippen molar-refractivity contribution in [1.29, 1.82) is 0 Å². The minimum atomic E-state index is -0.0516. The van der Waals surface area contributed by atoms with Crippen LogP contribution in [0.3, 0.4) is 0 Å². The van der Waals surface area contributed by atoms with Gasteiger partial charge in [-0.1, -0.05) is 6.92 Å². The summed E-state index contributed by atoms with van der Waals surface area (Å²) in [5, 5.41) is 15.5. The highest BCUT2D eigenvalue weighted by Crippen LogP contribution is 2.27. The van der Waals surface area contributed by atoms with Crippen molar-refractivity contribution < 1.29 is 5.11 Å². The van der Waals surface area contributed by atoms with Crippen molar-refractivity contribution in [3.63, 3.8) is 0 Å². The highest BCUT2D eigenvalue weighted by Gasteiger charge is 2.26. The van der Waals surface area contributed by atoms with E-state index in [1.54, 1.807) is 11.3 Å². The van der Waals surface area contributed by atoms with E-state index >= 15 is 0 Å². The van der Waals surface area contributed by atoms with Gasteiger partial charge in [-0.2, -0.15) is 0 Å². The van der Waals surface area contributed by atoms with Crippen LogP contribution in [0.1, 0.15) is 25.5 Å². The molecule has 0 unspecified atom stereocenters. The zero-order chi connectivity index (χ0) is 9.97. The zero-order valence-corrected chi connectivity index (χ0v) is 9.18. The lowest BCUT2D eigenvalue weighted by Crippen LogP contribution is -2.33. The molecule has 1 fully saturated rings. The van der Waals surface area contributed by atoms with Gasteiger partial charge >= 0.3 is 0 Å². The molecule has 0 spiro atoms. The number of hydrogen-bond donors (Lipinski definition) is 2. The lowest BCUT2D eigenvalue weighted by molar-refractivity contribution is 0.0487. The van der Waals surface area contributed by atoms with E-state index in [4.69, 9.17) is 5.11 Å². The van der Waals surface area contributed by atoms with Gasteiger partial charge in [-0.3, -0.25) is 0 Å². The molecule has 1 aromatic rings. The second-order valence-electron chi connectivity index (χ2n) is 3.87. The van der Waals surface area contributed by atoms with E-state index in [1.807, 2.05) is 0 Å². The first-order valence-corrected chi connectivity index (χ1v) is 6.02. The zero-order valence-electron chi connectivity index (χ0n) is 8.36. The number of anilines is 1. The van der Waals surface area contributed by atoms with Crippen molar-refractivity contribution in [2.24, 2.45) is 5.92 Å². The van der Waals surface area contributed by atoms with E-state index in [2.05, 4.69) is 22.6 Å². The Morgan fingerprint density at radius 2 is 2.43 bits per heavy atom. The molecule has 1 heterocycles. The average Bonchev–Trinajstić information content (AvgIpc) is 2.58. The molecular weight excluding hydrogens is 196 g/mol. The highest BCUT2D eigenvalue weighted by molar-refractivity contribution is 7.13. The normalized spacial score (nSPS) is 25.9. The fourth-order valence-corrected chi connectivity index (χ4v) is 2.45. The van der Waals surface area contributed by atoms with Gasteiger partial charge in [0.05, 0.1) is 11.8 Å². The van der Waals surface area contributed by atoms with Crippen LogP contribution in [0.5, 0.6) is 0 Å². The predicted molar refractivity (Wildman–Crippen MR) is 58.7 cm³/mol. The molecule has 0 aliphatic heterocycles. The molecule has 0 atom stereocenters. The summed E-state index contributed by atoms with van der Waals surface area (Å²) in [6.07, 6.45) is 2.84. The summed E-state index contributed by atoms with van der Waals surface area (Å²) in [4.78, 5) is 4.42. The Labute approximate surface area is 88.2 Å². The summed E-state index contributed by atoms with van der Waals surface area (Å²) in [7, 11) is 0. The standard InChI is InChI=1S/C10H16N2OS/c1-2-8-6-14-10(12-8)11-5-7-3-9(13)4-7/h6-7,9,13H,2-5H2,1H3,(H,11,12). The number of nitrogens with one attached hydrogen (secondary N) is 1. The second-order valence-corrected chi connectivity index (χ2v) is 4.73. The monoisotopic (exact) mass is 212 g/mol. The minimum Gasteiger partial charge on any atom is -0.393 e. The molecule has 1 saturated carbocycles. The SMILES string of the molecule is CCc1csc(NCC2CC(O)C2)n1. The largest absolute Gasteiger partial charge is 0.393 e. The molecule has 1 aromatic heterocycles. The molecule has 0 amide bonds. The van der Waals surface area contributed by atoms with E-state index in [0.717, 1.165) is 36.6 Å². The summed E-state index contributed by atoms with van der Waals surface area (Å²) >= 11 is 1.67. The van der Waals surface area contributed by atoms with Gasteiger partial charge in [0, 0.05) is 11.9 Å². The molecule has 78 valence electrons. The lowest BCUT2D eigenvalue weighted by atomic mass is 9.82. The third-order valence-electron chi connectivity index (χ3n) is 2.67. The van der Waals surface area contributed by atoms with E-state index in [1.165, 1.54) is 0 Å². The number of hydrogen-bond acceptors (Lipinski definition) is 4. The molecule has 1 aliphatic carbocycles. The highest BCUT2D eigenvalue weighted by atomic mass is 32.1. The molecule has 4 heteroatoms. The van der Waals surface area contributed by atoms with Crippen LogP contribution in [-0.2, 0) is 6.42 Å². The molecule has 0 saturated heterocycles. The number of aryl methyl sites for hydroxylation is 1. The maximum atomic E-state index is 9.12. The summed E-state index contributed by atoms with van der Waals surface area (Å²) in [6.45, 7) is 3.06. The van der Waals surface area contributed by atoms with E-state index in [0.29, 0.717) is 5.92 Å². The molecule has 2 rings (SSSR count). The van der Waals surface area contributed by atoms with Gasteiger partial charge in [-0.25, -0.2) is 4.98 Å². The van der Waals surface area contributed by atoms with Gasteiger partial charge in [-0.05, 0) is 25.2 Å². The van der Waals surface area contributed by atoms with Crippen LogP contribution >= 0.6 is 11.3 Å². The van der Waals surface area contributed by atoms with Crippen LogP contribution in [0.2, 0.25) is 0 Å². The Bertz CT molecular complexity index is 294. The Hall–Kier alpha value is -0.610. The van der Waals surface area contributed by atoms with Gasteiger partial charge in [0.2, 0.25) is 0 Å². The number of aliphatic hydroxyl groups is 1. The maximum Gasteiger partial charge on any atom is 0.182 e. The van der Waals surface area contributed by atoms with Gasteiger partial charge in [0.15, 0.2) is 5.13 Å². The topological polar surface area (TPSA) is 45.1 Å². The van der Waals surface area contributed by atoms with E-state index < -0.39 is 0 Å². The summed E-state index contributed by atoms with van der Waals surface area (Å²) < 4.78 is 0. The van der Waals surface area contributed by atoms with Gasteiger partial charge in [-0.15, -0.1) is 11.3 Å². The van der Waals surface area contributed by atoms with Crippen molar-refractivity contribution in [2.75, 3.05) is 11.9 Å². The molecule has 0 radical (unpaired) electrons. The van der Waals surface area contributed by atoms with Gasteiger partial charge in [0.25, 0.3) is 0 Å². The summed E-state index contributed by atoms with van der Waals surface area (Å²) in [6, 6.07) is 0. The Morgan fingerprint density at radius 1 is 1.64 bits per heavy atom. The van der Waals surface area contributed by atoms with Crippen molar-refractivity contribution in [3.8, 4) is 0 Å². The van der Waals surface area contributed by atoms with Crippen LogP contribution in [0.15, 0.2) is 5.38 Å². The molecule has 0 bridgehead atoms. The molecular formula is C10H16N2OS. The Balaban J connectivity index is 1.75. The molecule has 0 aromatic carbocycles. The molecule has 1 aliphatic rings. The van der Waals surface area contributed by atoms with Crippen molar-refractivity contribution in [1.82, 2.24) is 4.98 Å². The first-order valence-electron chi connectivity index (χ1n) is 5.14. The quantitative estimate of drug-likeness (QED) is 0.801. The second kappa shape index (κ2) is 4.28. The fraction of sp³-hybridized carbons (Fsp3) is 0.700. The predicted octanol–water partition coefficient (Wildman–Crippen LogP) is 1.89. The number of aromatic nitrogens is 1. The van der Waals surface area contributed by atoms with Gasteiger partial charge < -0.3 is 10.4 Å². The third kappa shape index (κ3) is 2.25. The smallest absolute Gasteiger partial charge is 0.182 e. The Morgan fingerprint density at radius 3 is 3.00 bits per heavy atom. The minimum absolute atomic E-state index is 0.0516. The van der Waals surface area contributed by atoms with Crippen LogP contribution in [0.4, 0.5) is 5.13 Å². The van der Waals surface area contributed by atoms with Crippen LogP contribution in [0, 0.1) is 5.92 Å². The summed E-state index contributed by atoms with van der Waals surface area (Å²) in [5.41, 5.74) is 1.16. The molecule has 3 nitrogen and oxygen atoms in total. The maximum absolute atomic E-state index is 9.12. The molecule has 2 N–H and O–H groups in total. The fourth-order valence-electron chi connectivity index (χ4n) is 1.65. The van der Waals surface area contributed by atoms with Crippen LogP contribution in [-0.4, -0.2) is 22.7 Å².